The standard InChI is InChI=1S/C13H20N2O/c1-9-4-5-13-11(8-9)15(3)10(2)12(16-13)6-7-14/h4-5,8,10,12H,6-7,14H2,1-3H3. The van der Waals surface area contributed by atoms with Crippen LogP contribution in [0.2, 0.25) is 0 Å². The smallest absolute Gasteiger partial charge is 0.143 e. The molecule has 1 aliphatic rings. The number of nitrogens with zero attached hydrogens (tertiary/aromatic N) is 1. The van der Waals surface area contributed by atoms with Gasteiger partial charge in [0.2, 0.25) is 0 Å². The van der Waals surface area contributed by atoms with Crippen molar-refractivity contribution >= 4 is 5.69 Å². The van der Waals surface area contributed by atoms with Crippen molar-refractivity contribution in [2.24, 2.45) is 5.73 Å². The molecule has 1 aromatic carbocycles. The second kappa shape index (κ2) is 4.34. The third kappa shape index (κ3) is 1.87. The van der Waals surface area contributed by atoms with Crippen molar-refractivity contribution in [3.8, 4) is 5.75 Å². The topological polar surface area (TPSA) is 38.5 Å². The van der Waals surface area contributed by atoms with Gasteiger partial charge in [0.25, 0.3) is 0 Å². The molecule has 2 rings (SSSR count). The van der Waals surface area contributed by atoms with Gasteiger partial charge in [0.1, 0.15) is 11.9 Å². The molecule has 1 aromatic rings. The summed E-state index contributed by atoms with van der Waals surface area (Å²) < 4.78 is 5.99. The van der Waals surface area contributed by atoms with Gasteiger partial charge in [0, 0.05) is 7.05 Å². The van der Waals surface area contributed by atoms with Gasteiger partial charge in [-0.25, -0.2) is 0 Å². The highest BCUT2D eigenvalue weighted by Gasteiger charge is 2.29. The van der Waals surface area contributed by atoms with E-state index < -0.39 is 0 Å². The average molecular weight is 220 g/mol. The van der Waals surface area contributed by atoms with Crippen molar-refractivity contribution < 1.29 is 4.74 Å². The predicted molar refractivity (Wildman–Crippen MR) is 67.1 cm³/mol. The number of nitrogens with two attached hydrogens (primary N) is 1. The SMILES string of the molecule is Cc1ccc2c(c1)N(C)C(C)C(CCN)O2. The highest BCUT2D eigenvalue weighted by Crippen LogP contribution is 2.36. The Hall–Kier alpha value is -1.22. The van der Waals surface area contributed by atoms with Crippen LogP contribution in [0.15, 0.2) is 18.2 Å². The first-order chi connectivity index (χ1) is 7.63. The van der Waals surface area contributed by atoms with Crippen LogP contribution in [0.4, 0.5) is 5.69 Å². The first-order valence-electron chi connectivity index (χ1n) is 5.83. The first-order valence-corrected chi connectivity index (χ1v) is 5.83. The zero-order valence-corrected chi connectivity index (χ0v) is 10.2. The summed E-state index contributed by atoms with van der Waals surface area (Å²) in [6.07, 6.45) is 1.10. The summed E-state index contributed by atoms with van der Waals surface area (Å²) >= 11 is 0. The number of anilines is 1. The van der Waals surface area contributed by atoms with Gasteiger partial charge >= 0.3 is 0 Å². The number of aryl methyl sites for hydroxylation is 1. The van der Waals surface area contributed by atoms with Gasteiger partial charge < -0.3 is 15.4 Å². The molecular formula is C13H20N2O. The predicted octanol–water partition coefficient (Wildman–Crippen LogP) is 1.93. The number of ether oxygens (including phenoxy) is 1. The molecule has 88 valence electrons. The Balaban J connectivity index is 2.32. The Kier molecular flexibility index (Phi) is 3.06. The third-order valence-electron chi connectivity index (χ3n) is 3.37. The molecule has 0 aliphatic carbocycles. The number of benzene rings is 1. The second-order valence-electron chi connectivity index (χ2n) is 4.56. The average Bonchev–Trinajstić information content (AvgIpc) is 2.27. The van der Waals surface area contributed by atoms with Crippen LogP contribution in [0.1, 0.15) is 18.9 Å². The summed E-state index contributed by atoms with van der Waals surface area (Å²) in [6, 6.07) is 6.68. The molecule has 1 aliphatic heterocycles. The fourth-order valence-electron chi connectivity index (χ4n) is 2.20. The van der Waals surface area contributed by atoms with Gasteiger partial charge in [-0.15, -0.1) is 0 Å². The molecular weight excluding hydrogens is 200 g/mol. The van der Waals surface area contributed by atoms with E-state index in [1.54, 1.807) is 0 Å². The summed E-state index contributed by atoms with van der Waals surface area (Å²) in [5, 5.41) is 0. The lowest BCUT2D eigenvalue weighted by Gasteiger charge is -2.40. The van der Waals surface area contributed by atoms with Crippen LogP contribution < -0.4 is 15.4 Å². The Morgan fingerprint density at radius 3 is 2.88 bits per heavy atom. The fraction of sp³-hybridized carbons (Fsp3) is 0.538. The summed E-state index contributed by atoms with van der Waals surface area (Å²) in [7, 11) is 2.12. The molecule has 0 aromatic heterocycles. The molecule has 1 heterocycles. The van der Waals surface area contributed by atoms with Gasteiger partial charge in [-0.3, -0.25) is 0 Å². The normalized spacial score (nSPS) is 23.9. The van der Waals surface area contributed by atoms with Crippen LogP contribution in [0.25, 0.3) is 0 Å². The molecule has 3 heteroatoms. The number of rotatable bonds is 2. The molecule has 2 atom stereocenters. The van der Waals surface area contributed by atoms with Crippen LogP contribution >= 0.6 is 0 Å². The lowest BCUT2D eigenvalue weighted by molar-refractivity contribution is 0.154. The Labute approximate surface area is 97.2 Å². The molecule has 0 saturated heterocycles. The Morgan fingerprint density at radius 2 is 2.19 bits per heavy atom. The molecule has 0 spiro atoms. The van der Waals surface area contributed by atoms with E-state index in [9.17, 15) is 0 Å². The van der Waals surface area contributed by atoms with Gasteiger partial charge in [-0.1, -0.05) is 6.07 Å². The highest BCUT2D eigenvalue weighted by molar-refractivity contribution is 5.61. The summed E-state index contributed by atoms with van der Waals surface area (Å²) in [5.74, 6) is 0.977. The molecule has 0 saturated carbocycles. The van der Waals surface area contributed by atoms with E-state index in [1.807, 2.05) is 0 Å². The lowest BCUT2D eigenvalue weighted by atomic mass is 10.0. The maximum atomic E-state index is 5.99. The molecule has 0 radical (unpaired) electrons. The van der Waals surface area contributed by atoms with Crippen molar-refractivity contribution in [1.82, 2.24) is 0 Å². The number of hydrogen-bond acceptors (Lipinski definition) is 3. The molecule has 2 unspecified atom stereocenters. The molecule has 0 fully saturated rings. The highest BCUT2D eigenvalue weighted by atomic mass is 16.5. The minimum atomic E-state index is 0.199. The van der Waals surface area contributed by atoms with Gasteiger partial charge in [0.05, 0.1) is 11.7 Å². The fourth-order valence-corrected chi connectivity index (χ4v) is 2.20. The quantitative estimate of drug-likeness (QED) is 0.827. The maximum Gasteiger partial charge on any atom is 0.143 e. The van der Waals surface area contributed by atoms with Crippen LogP contribution in [0, 0.1) is 6.92 Å². The van der Waals surface area contributed by atoms with Crippen molar-refractivity contribution in [2.45, 2.75) is 32.4 Å². The Bertz CT molecular complexity index is 378. The second-order valence-corrected chi connectivity index (χ2v) is 4.56. The summed E-state index contributed by atoms with van der Waals surface area (Å²) in [5.41, 5.74) is 8.06. The summed E-state index contributed by atoms with van der Waals surface area (Å²) in [4.78, 5) is 2.28. The van der Waals surface area contributed by atoms with Crippen molar-refractivity contribution in [3.63, 3.8) is 0 Å². The zero-order chi connectivity index (χ0) is 11.7. The van der Waals surface area contributed by atoms with E-state index in [2.05, 4.69) is 44.0 Å². The number of hydrogen-bond donors (Lipinski definition) is 1. The number of likely N-dealkylation sites (N-methyl/N-ethyl adjacent to an activating group) is 1. The van der Waals surface area contributed by atoms with Gasteiger partial charge in [-0.05, 0) is 44.5 Å². The van der Waals surface area contributed by atoms with Crippen LogP contribution in [0.3, 0.4) is 0 Å². The molecule has 2 N–H and O–H groups in total. The molecule has 0 bridgehead atoms. The van der Waals surface area contributed by atoms with Gasteiger partial charge in [-0.2, -0.15) is 0 Å². The van der Waals surface area contributed by atoms with Crippen molar-refractivity contribution in [2.75, 3.05) is 18.5 Å². The number of fused-ring (bicyclic) bond motifs is 1. The van der Waals surface area contributed by atoms with Crippen LogP contribution in [-0.4, -0.2) is 25.7 Å². The summed E-state index contributed by atoms with van der Waals surface area (Å²) in [6.45, 7) is 4.96. The van der Waals surface area contributed by atoms with Crippen molar-refractivity contribution in [1.29, 1.82) is 0 Å². The van der Waals surface area contributed by atoms with Gasteiger partial charge in [0.15, 0.2) is 0 Å². The monoisotopic (exact) mass is 220 g/mol. The van der Waals surface area contributed by atoms with E-state index in [-0.39, 0.29) is 6.10 Å². The van der Waals surface area contributed by atoms with Crippen molar-refractivity contribution in [3.05, 3.63) is 23.8 Å². The minimum absolute atomic E-state index is 0.199. The molecule has 16 heavy (non-hydrogen) atoms. The molecule has 0 amide bonds. The largest absolute Gasteiger partial charge is 0.486 e. The van der Waals surface area contributed by atoms with Crippen LogP contribution in [0.5, 0.6) is 5.75 Å². The van der Waals surface area contributed by atoms with E-state index in [1.165, 1.54) is 11.3 Å². The van der Waals surface area contributed by atoms with E-state index >= 15 is 0 Å². The lowest BCUT2D eigenvalue weighted by Crippen LogP contribution is -2.46. The van der Waals surface area contributed by atoms with E-state index in [4.69, 9.17) is 10.5 Å². The minimum Gasteiger partial charge on any atom is -0.486 e. The molecule has 3 nitrogen and oxygen atoms in total. The third-order valence-corrected chi connectivity index (χ3v) is 3.37. The first kappa shape index (κ1) is 11.3. The Morgan fingerprint density at radius 1 is 1.44 bits per heavy atom. The zero-order valence-electron chi connectivity index (χ0n) is 10.2. The maximum absolute atomic E-state index is 5.99. The van der Waals surface area contributed by atoms with Crippen LogP contribution in [-0.2, 0) is 0 Å². The van der Waals surface area contributed by atoms with E-state index in [0.29, 0.717) is 12.6 Å². The van der Waals surface area contributed by atoms with E-state index in [0.717, 1.165) is 12.2 Å².